The van der Waals surface area contributed by atoms with Crippen LogP contribution in [0.25, 0.3) is 5.57 Å². The number of nitrogens with one attached hydrogen (secondary N) is 1. The Morgan fingerprint density at radius 2 is 1.90 bits per heavy atom. The minimum atomic E-state index is -2.98. The normalized spacial score (nSPS) is 13.7. The summed E-state index contributed by atoms with van der Waals surface area (Å²) < 4.78 is 34.8. The number of fused-ring (bicyclic) bond motifs is 1. The molecule has 0 bridgehead atoms. The van der Waals surface area contributed by atoms with Gasteiger partial charge in [0.05, 0.1) is 12.7 Å². The maximum atomic E-state index is 12.8. The average molecular weight is 415 g/mol. The van der Waals surface area contributed by atoms with Crippen LogP contribution in [-0.4, -0.2) is 26.2 Å². The number of aryl methyl sites for hydroxylation is 3. The molecule has 2 aromatic rings. The predicted octanol–water partition coefficient (Wildman–Crippen LogP) is 4.82. The van der Waals surface area contributed by atoms with Gasteiger partial charge in [0.15, 0.2) is 0 Å². The molecule has 0 aliphatic heterocycles. The number of amides is 1. The van der Waals surface area contributed by atoms with Crippen molar-refractivity contribution in [2.75, 3.05) is 13.7 Å². The Labute approximate surface area is 175 Å². The van der Waals surface area contributed by atoms with E-state index in [1.54, 1.807) is 13.2 Å². The van der Waals surface area contributed by atoms with Crippen LogP contribution in [0.15, 0.2) is 42.7 Å². The second kappa shape index (κ2) is 10.2. The molecule has 0 saturated carbocycles. The first-order valence-corrected chi connectivity index (χ1v) is 10.2. The largest absolute Gasteiger partial charge is 0.496 e. The maximum Gasteiger partial charge on any atom is 0.386 e. The van der Waals surface area contributed by atoms with Crippen molar-refractivity contribution in [3.63, 3.8) is 0 Å². The predicted molar refractivity (Wildman–Crippen MR) is 113 cm³/mol. The number of methoxy groups -OCH3 is 1. The van der Waals surface area contributed by atoms with E-state index >= 15 is 0 Å². The molecule has 1 amide bonds. The first-order chi connectivity index (χ1) is 14.5. The van der Waals surface area contributed by atoms with Gasteiger partial charge in [-0.05, 0) is 72.9 Å². The quantitative estimate of drug-likeness (QED) is 0.497. The first-order valence-electron chi connectivity index (χ1n) is 10.2. The summed E-state index contributed by atoms with van der Waals surface area (Å²) in [5.41, 5.74) is 5.19. The third-order valence-corrected chi connectivity index (χ3v) is 5.35. The Morgan fingerprint density at radius 1 is 1.13 bits per heavy atom. The van der Waals surface area contributed by atoms with Gasteiger partial charge in [0, 0.05) is 6.54 Å². The van der Waals surface area contributed by atoms with Crippen molar-refractivity contribution in [1.82, 2.24) is 5.32 Å². The van der Waals surface area contributed by atoms with Crippen molar-refractivity contribution in [2.24, 2.45) is 0 Å². The van der Waals surface area contributed by atoms with Crippen LogP contribution in [0.4, 0.5) is 8.78 Å². The standard InChI is InChI=1S/C24H27F2NO3/c1-16-13-17(7-10-22(16)29-2)11-12-27-23(28)21(15-30-24(25)26)20-9-8-18-5-3-4-6-19(18)14-20/h7-10,13-15,24H,3-6,11-12H2,1-2H3,(H,27,28)/b21-15+. The van der Waals surface area contributed by atoms with Crippen molar-refractivity contribution in [1.29, 1.82) is 0 Å². The number of ether oxygens (including phenoxy) is 2. The average Bonchev–Trinajstić information content (AvgIpc) is 2.73. The van der Waals surface area contributed by atoms with Crippen molar-refractivity contribution < 1.29 is 23.0 Å². The van der Waals surface area contributed by atoms with Crippen molar-refractivity contribution in [2.45, 2.75) is 45.6 Å². The number of halogens is 2. The van der Waals surface area contributed by atoms with Gasteiger partial charge in [-0.1, -0.05) is 30.3 Å². The number of hydrogen-bond acceptors (Lipinski definition) is 3. The van der Waals surface area contributed by atoms with Gasteiger partial charge in [-0.15, -0.1) is 0 Å². The molecule has 6 heteroatoms. The molecule has 1 N–H and O–H groups in total. The monoisotopic (exact) mass is 415 g/mol. The van der Waals surface area contributed by atoms with Gasteiger partial charge in [0.2, 0.25) is 0 Å². The van der Waals surface area contributed by atoms with E-state index in [9.17, 15) is 13.6 Å². The fraction of sp³-hybridized carbons (Fsp3) is 0.375. The molecule has 0 heterocycles. The summed E-state index contributed by atoms with van der Waals surface area (Å²) in [6.07, 6.45) is 5.66. The number of carbonyl (C=O) groups is 1. The van der Waals surface area contributed by atoms with Gasteiger partial charge in [0.25, 0.3) is 5.91 Å². The van der Waals surface area contributed by atoms with E-state index in [1.807, 2.05) is 37.3 Å². The van der Waals surface area contributed by atoms with E-state index in [2.05, 4.69) is 10.1 Å². The molecule has 4 nitrogen and oxygen atoms in total. The van der Waals surface area contributed by atoms with E-state index in [1.165, 1.54) is 11.1 Å². The maximum absolute atomic E-state index is 12.8. The van der Waals surface area contributed by atoms with Crippen molar-refractivity contribution in [3.05, 3.63) is 70.5 Å². The summed E-state index contributed by atoms with van der Waals surface area (Å²) in [6, 6.07) is 11.5. The molecule has 0 atom stereocenters. The molecule has 0 saturated heterocycles. The number of carbonyl (C=O) groups excluding carboxylic acids is 1. The Hall–Kier alpha value is -2.89. The number of alkyl halides is 2. The van der Waals surface area contributed by atoms with Gasteiger partial charge < -0.3 is 14.8 Å². The number of hydrogen-bond donors (Lipinski definition) is 1. The van der Waals surface area contributed by atoms with Gasteiger partial charge in [-0.3, -0.25) is 4.79 Å². The molecule has 0 fully saturated rings. The van der Waals surface area contributed by atoms with Gasteiger partial charge in [0.1, 0.15) is 12.0 Å². The van der Waals surface area contributed by atoms with Crippen LogP contribution >= 0.6 is 0 Å². The van der Waals surface area contributed by atoms with Crippen LogP contribution < -0.4 is 10.1 Å². The smallest absolute Gasteiger partial charge is 0.386 e. The second-order valence-electron chi connectivity index (χ2n) is 7.43. The minimum absolute atomic E-state index is 0.106. The molecule has 0 aromatic heterocycles. The Balaban J connectivity index is 1.70. The SMILES string of the molecule is COc1ccc(CCNC(=O)/C(=C/OC(F)F)c2ccc3c(c2)CCCC3)cc1C. The highest BCUT2D eigenvalue weighted by molar-refractivity contribution is 6.19. The van der Waals surface area contributed by atoms with Crippen LogP contribution in [0.2, 0.25) is 0 Å². The molecular weight excluding hydrogens is 388 g/mol. The third-order valence-electron chi connectivity index (χ3n) is 5.35. The fourth-order valence-electron chi connectivity index (χ4n) is 3.78. The molecule has 30 heavy (non-hydrogen) atoms. The summed E-state index contributed by atoms with van der Waals surface area (Å²) in [7, 11) is 1.62. The zero-order valence-electron chi connectivity index (χ0n) is 17.3. The Bertz CT molecular complexity index is 925. The molecule has 3 rings (SSSR count). The van der Waals surface area contributed by atoms with Gasteiger partial charge in [-0.2, -0.15) is 8.78 Å². The Kier molecular flexibility index (Phi) is 7.44. The highest BCUT2D eigenvalue weighted by Gasteiger charge is 2.17. The lowest BCUT2D eigenvalue weighted by Crippen LogP contribution is -2.27. The second-order valence-corrected chi connectivity index (χ2v) is 7.43. The summed E-state index contributed by atoms with van der Waals surface area (Å²) >= 11 is 0. The minimum Gasteiger partial charge on any atom is -0.496 e. The fourth-order valence-corrected chi connectivity index (χ4v) is 3.78. The lowest BCUT2D eigenvalue weighted by molar-refractivity contribution is -0.116. The van der Waals surface area contributed by atoms with Gasteiger partial charge in [-0.25, -0.2) is 0 Å². The molecule has 1 aliphatic carbocycles. The van der Waals surface area contributed by atoms with Crippen molar-refractivity contribution >= 4 is 11.5 Å². The molecule has 0 spiro atoms. The van der Waals surface area contributed by atoms with Crippen LogP contribution in [0.3, 0.4) is 0 Å². The highest BCUT2D eigenvalue weighted by atomic mass is 19.3. The Morgan fingerprint density at radius 3 is 2.60 bits per heavy atom. The molecule has 160 valence electrons. The zero-order chi connectivity index (χ0) is 21.5. The zero-order valence-corrected chi connectivity index (χ0v) is 17.3. The van der Waals surface area contributed by atoms with E-state index < -0.39 is 12.5 Å². The van der Waals surface area contributed by atoms with Crippen LogP contribution in [0, 0.1) is 6.92 Å². The summed E-state index contributed by atoms with van der Waals surface area (Å²) in [5.74, 6) is 0.376. The van der Waals surface area contributed by atoms with Crippen LogP contribution in [0.1, 0.15) is 40.7 Å². The van der Waals surface area contributed by atoms with Crippen LogP contribution in [0.5, 0.6) is 5.75 Å². The van der Waals surface area contributed by atoms with E-state index in [4.69, 9.17) is 4.74 Å². The summed E-state index contributed by atoms with van der Waals surface area (Å²) in [5, 5.41) is 2.82. The van der Waals surface area contributed by atoms with Crippen LogP contribution in [-0.2, 0) is 28.8 Å². The van der Waals surface area contributed by atoms with Gasteiger partial charge >= 0.3 is 6.61 Å². The molecule has 2 aromatic carbocycles. The lowest BCUT2D eigenvalue weighted by atomic mass is 9.89. The summed E-state index contributed by atoms with van der Waals surface area (Å²) in [6.45, 7) is -0.645. The third kappa shape index (κ3) is 5.59. The van der Waals surface area contributed by atoms with E-state index in [-0.39, 0.29) is 5.57 Å². The molecule has 0 unspecified atom stereocenters. The molecule has 0 radical (unpaired) electrons. The molecular formula is C24H27F2NO3. The van der Waals surface area contributed by atoms with E-state index in [0.29, 0.717) is 18.5 Å². The lowest BCUT2D eigenvalue weighted by Gasteiger charge is -2.17. The first kappa shape index (κ1) is 21.8. The topological polar surface area (TPSA) is 47.6 Å². The highest BCUT2D eigenvalue weighted by Crippen LogP contribution is 2.26. The molecule has 1 aliphatic rings. The summed E-state index contributed by atoms with van der Waals surface area (Å²) in [4.78, 5) is 12.8. The number of rotatable bonds is 8. The van der Waals surface area contributed by atoms with Crippen molar-refractivity contribution in [3.8, 4) is 5.75 Å². The number of benzene rings is 2. The van der Waals surface area contributed by atoms with E-state index in [0.717, 1.165) is 48.8 Å².